The van der Waals surface area contributed by atoms with E-state index in [9.17, 15) is 24.6 Å². The number of hydrogen-bond acceptors (Lipinski definition) is 6. The summed E-state index contributed by atoms with van der Waals surface area (Å²) in [6.07, 6.45) is 1.94. The molecular formula is C32H41F2N3O5. The van der Waals surface area contributed by atoms with E-state index in [1.165, 1.54) is 24.8 Å². The minimum absolute atomic E-state index is 0.0753. The number of nitrogens with zero attached hydrogens (tertiary/aromatic N) is 1. The molecule has 228 valence electrons. The Morgan fingerprint density at radius 2 is 1.83 bits per heavy atom. The molecular weight excluding hydrogens is 544 g/mol. The number of β-amino-alcohol motifs (C(OH)–C–C–N with tert-alkyl or cyclic N) is 1. The highest BCUT2D eigenvalue weighted by molar-refractivity contribution is 5.98. The first-order chi connectivity index (χ1) is 19.6. The highest BCUT2D eigenvalue weighted by Gasteiger charge is 2.71. The molecule has 2 amide bonds. The van der Waals surface area contributed by atoms with E-state index in [1.54, 1.807) is 32.0 Å². The SMILES string of the molecule is CCCCNC(=O)[C@H]1N(C[C@@](O)(C=O)C2(NC(=O)c3cc(C)cc(O)c3C)CC2c2ccccc2)CC(F)(F)C1(C)C. The number of likely N-dealkylation sites (tertiary alicyclic amines) is 1. The number of unbranched alkanes of at least 4 members (excludes halogenated alkanes) is 1. The third kappa shape index (κ3) is 5.42. The predicted octanol–water partition coefficient (Wildman–Crippen LogP) is 3.86. The second-order valence-corrected chi connectivity index (χ2v) is 12.5. The van der Waals surface area contributed by atoms with Gasteiger partial charge in [0, 0.05) is 30.1 Å². The molecule has 2 fully saturated rings. The number of halogens is 2. The van der Waals surface area contributed by atoms with Crippen molar-refractivity contribution in [2.45, 2.75) is 82.9 Å². The van der Waals surface area contributed by atoms with Gasteiger partial charge in [0.05, 0.1) is 17.5 Å². The van der Waals surface area contributed by atoms with Gasteiger partial charge in [-0.1, -0.05) is 57.5 Å². The van der Waals surface area contributed by atoms with Crippen molar-refractivity contribution in [1.82, 2.24) is 15.5 Å². The van der Waals surface area contributed by atoms with Gasteiger partial charge in [0.15, 0.2) is 11.9 Å². The molecule has 1 heterocycles. The zero-order valence-electron chi connectivity index (χ0n) is 24.8. The number of aliphatic hydroxyl groups is 1. The second kappa shape index (κ2) is 11.4. The summed E-state index contributed by atoms with van der Waals surface area (Å²) in [6.45, 7) is 6.76. The lowest BCUT2D eigenvalue weighted by atomic mass is 9.80. The Morgan fingerprint density at radius 1 is 1.17 bits per heavy atom. The van der Waals surface area contributed by atoms with Crippen molar-refractivity contribution in [3.8, 4) is 5.75 Å². The largest absolute Gasteiger partial charge is 0.508 e. The molecule has 0 bridgehead atoms. The van der Waals surface area contributed by atoms with Gasteiger partial charge in [-0.15, -0.1) is 0 Å². The van der Waals surface area contributed by atoms with Gasteiger partial charge in [-0.05, 0) is 49.9 Å². The van der Waals surface area contributed by atoms with Gasteiger partial charge >= 0.3 is 0 Å². The van der Waals surface area contributed by atoms with Crippen LogP contribution in [0.25, 0.3) is 0 Å². The average Bonchev–Trinajstić information content (AvgIpc) is 3.62. The Kier molecular flexibility index (Phi) is 8.55. The van der Waals surface area contributed by atoms with Gasteiger partial charge in [-0.2, -0.15) is 0 Å². The minimum atomic E-state index is -3.29. The van der Waals surface area contributed by atoms with Crippen LogP contribution in [0.2, 0.25) is 0 Å². The fraction of sp³-hybridized carbons (Fsp3) is 0.531. The first-order valence-electron chi connectivity index (χ1n) is 14.4. The van der Waals surface area contributed by atoms with E-state index in [1.807, 2.05) is 25.1 Å². The summed E-state index contributed by atoms with van der Waals surface area (Å²) in [5.41, 5.74) is -3.79. The average molecular weight is 586 g/mol. The van der Waals surface area contributed by atoms with Crippen LogP contribution < -0.4 is 10.6 Å². The zero-order chi connectivity index (χ0) is 31.1. The molecule has 2 aromatic carbocycles. The topological polar surface area (TPSA) is 119 Å². The standard InChI is InChI=1S/C32H41F2N3O5/c1-6-7-13-35-28(41)26-29(4,5)32(33,34)18-37(26)17-30(42,19-38)31(16-24(31)22-11-9-8-10-12-22)36-27(40)23-14-20(2)15-25(39)21(23)3/h8-12,14-15,19,24,26,39,42H,6-7,13,16-18H2,1-5H3,(H,35,41)(H,36,40)/t24?,26-,30-,31?/m1/s1. The minimum Gasteiger partial charge on any atom is -0.508 e. The third-order valence-electron chi connectivity index (χ3n) is 9.15. The van der Waals surface area contributed by atoms with Crippen LogP contribution in [0.5, 0.6) is 5.75 Å². The molecule has 0 radical (unpaired) electrons. The van der Waals surface area contributed by atoms with Crippen LogP contribution in [0, 0.1) is 19.3 Å². The van der Waals surface area contributed by atoms with Crippen LogP contribution in [0.4, 0.5) is 8.78 Å². The normalized spacial score (nSPS) is 25.8. The van der Waals surface area contributed by atoms with Crippen molar-refractivity contribution < 1.29 is 33.4 Å². The molecule has 4 N–H and O–H groups in total. The Hall–Kier alpha value is -3.37. The van der Waals surface area contributed by atoms with Gasteiger partial charge in [0.2, 0.25) is 5.91 Å². The molecule has 1 saturated heterocycles. The van der Waals surface area contributed by atoms with Gasteiger partial charge in [0.1, 0.15) is 11.8 Å². The number of rotatable bonds is 11. The molecule has 10 heteroatoms. The number of phenolic OH excluding ortho intramolecular Hbond substituents is 1. The number of carbonyl (C=O) groups excluding carboxylic acids is 3. The van der Waals surface area contributed by atoms with Crippen LogP contribution in [-0.4, -0.2) is 76.0 Å². The van der Waals surface area contributed by atoms with E-state index in [0.29, 0.717) is 30.4 Å². The molecule has 0 spiro atoms. The molecule has 1 aliphatic heterocycles. The monoisotopic (exact) mass is 585 g/mol. The lowest BCUT2D eigenvalue weighted by Gasteiger charge is -2.39. The molecule has 4 atom stereocenters. The smallest absolute Gasteiger partial charge is 0.267 e. The van der Waals surface area contributed by atoms with E-state index in [4.69, 9.17) is 0 Å². The van der Waals surface area contributed by atoms with E-state index < -0.39 is 59.3 Å². The molecule has 2 unspecified atom stereocenters. The number of amides is 2. The summed E-state index contributed by atoms with van der Waals surface area (Å²) in [5, 5.41) is 28.0. The van der Waals surface area contributed by atoms with Crippen LogP contribution in [0.1, 0.15) is 73.0 Å². The number of hydrogen-bond donors (Lipinski definition) is 4. The van der Waals surface area contributed by atoms with E-state index in [2.05, 4.69) is 10.6 Å². The van der Waals surface area contributed by atoms with Gasteiger partial charge in [-0.25, -0.2) is 8.78 Å². The third-order valence-corrected chi connectivity index (χ3v) is 9.15. The maximum Gasteiger partial charge on any atom is 0.267 e. The van der Waals surface area contributed by atoms with Crippen LogP contribution in [0.15, 0.2) is 42.5 Å². The molecule has 0 aromatic heterocycles. The molecule has 42 heavy (non-hydrogen) atoms. The predicted molar refractivity (Wildman–Crippen MR) is 155 cm³/mol. The lowest BCUT2D eigenvalue weighted by molar-refractivity contribution is -0.138. The summed E-state index contributed by atoms with van der Waals surface area (Å²) in [4.78, 5) is 41.0. The molecule has 2 aliphatic rings. The van der Waals surface area contributed by atoms with Crippen LogP contribution >= 0.6 is 0 Å². The first-order valence-corrected chi connectivity index (χ1v) is 14.4. The van der Waals surface area contributed by atoms with Crippen molar-refractivity contribution >= 4 is 18.1 Å². The number of aromatic hydroxyl groups is 1. The number of nitrogens with one attached hydrogen (secondary N) is 2. The number of alkyl halides is 2. The van der Waals surface area contributed by atoms with Crippen molar-refractivity contribution in [1.29, 1.82) is 0 Å². The Morgan fingerprint density at radius 3 is 2.45 bits per heavy atom. The van der Waals surface area contributed by atoms with Crippen LogP contribution in [-0.2, 0) is 9.59 Å². The van der Waals surface area contributed by atoms with E-state index in [0.717, 1.165) is 12.0 Å². The fourth-order valence-corrected chi connectivity index (χ4v) is 6.35. The first kappa shape index (κ1) is 31.6. The number of phenols is 1. The Labute approximate surface area is 245 Å². The fourth-order valence-electron chi connectivity index (χ4n) is 6.35. The van der Waals surface area contributed by atoms with Gasteiger partial charge in [-0.3, -0.25) is 19.3 Å². The summed E-state index contributed by atoms with van der Waals surface area (Å²) in [6, 6.07) is 10.8. The quantitative estimate of drug-likeness (QED) is 0.235. The maximum absolute atomic E-state index is 15.4. The van der Waals surface area contributed by atoms with Gasteiger partial charge in [0.25, 0.3) is 11.8 Å². The Balaban J connectivity index is 1.73. The summed E-state index contributed by atoms with van der Waals surface area (Å²) in [5.74, 6) is -5.10. The number of benzene rings is 2. The van der Waals surface area contributed by atoms with Crippen molar-refractivity contribution in [2.24, 2.45) is 5.41 Å². The number of aryl methyl sites for hydroxylation is 1. The van der Waals surface area contributed by atoms with Gasteiger partial charge < -0.3 is 20.8 Å². The number of carbonyl (C=O) groups is 3. The van der Waals surface area contributed by atoms with Crippen LogP contribution in [0.3, 0.4) is 0 Å². The highest BCUT2D eigenvalue weighted by Crippen LogP contribution is 2.58. The molecule has 2 aromatic rings. The summed E-state index contributed by atoms with van der Waals surface area (Å²) >= 11 is 0. The van der Waals surface area contributed by atoms with Crippen molar-refractivity contribution in [2.75, 3.05) is 19.6 Å². The van der Waals surface area contributed by atoms with E-state index >= 15 is 8.78 Å². The second-order valence-electron chi connectivity index (χ2n) is 12.5. The van der Waals surface area contributed by atoms with Crippen molar-refractivity contribution in [3.05, 3.63) is 64.7 Å². The van der Waals surface area contributed by atoms with E-state index in [-0.39, 0.29) is 17.7 Å². The Bertz CT molecular complexity index is 1350. The molecule has 1 aliphatic carbocycles. The lowest BCUT2D eigenvalue weighted by Crippen LogP contribution is -2.64. The number of aldehydes is 1. The summed E-state index contributed by atoms with van der Waals surface area (Å²) < 4.78 is 30.7. The van der Waals surface area contributed by atoms with Crippen molar-refractivity contribution in [3.63, 3.8) is 0 Å². The molecule has 4 rings (SSSR count). The summed E-state index contributed by atoms with van der Waals surface area (Å²) in [7, 11) is 0. The zero-order valence-corrected chi connectivity index (χ0v) is 24.8. The molecule has 8 nitrogen and oxygen atoms in total. The maximum atomic E-state index is 15.4. The highest BCUT2D eigenvalue weighted by atomic mass is 19.3. The molecule has 1 saturated carbocycles.